The molecule has 1 aromatic carbocycles. The number of hydrogen-bond acceptors (Lipinski definition) is 4. The summed E-state index contributed by atoms with van der Waals surface area (Å²) in [4.78, 5) is 22.4. The minimum atomic E-state index is -0.406. The molecule has 1 saturated heterocycles. The molecule has 96 valence electrons. The molecule has 5 heteroatoms. The van der Waals surface area contributed by atoms with Gasteiger partial charge >= 0.3 is 5.97 Å². The Morgan fingerprint density at radius 1 is 1.39 bits per heavy atom. The van der Waals surface area contributed by atoms with Crippen molar-refractivity contribution in [2.75, 3.05) is 13.7 Å². The minimum Gasteiger partial charge on any atom is -0.481 e. The fourth-order valence-electron chi connectivity index (χ4n) is 1.77. The molecule has 2 rings (SSSR count). The van der Waals surface area contributed by atoms with Crippen molar-refractivity contribution in [2.24, 2.45) is 0 Å². The molecule has 1 amide bonds. The normalized spacial score (nSPS) is 18.3. The zero-order chi connectivity index (χ0) is 13.0. The highest BCUT2D eigenvalue weighted by Crippen LogP contribution is 2.17. The Morgan fingerprint density at radius 2 is 2.11 bits per heavy atom. The van der Waals surface area contributed by atoms with E-state index in [0.717, 1.165) is 5.56 Å². The van der Waals surface area contributed by atoms with Gasteiger partial charge in [0.25, 0.3) is 5.91 Å². The molecule has 18 heavy (non-hydrogen) atoms. The third kappa shape index (κ3) is 3.00. The van der Waals surface area contributed by atoms with Crippen molar-refractivity contribution in [3.05, 3.63) is 29.8 Å². The van der Waals surface area contributed by atoms with E-state index in [4.69, 9.17) is 4.74 Å². The molecule has 0 aliphatic carbocycles. The number of carbonyl (C=O) groups excluding carboxylic acids is 2. The monoisotopic (exact) mass is 249 g/mol. The summed E-state index contributed by atoms with van der Waals surface area (Å²) in [5, 5.41) is 2.71. The van der Waals surface area contributed by atoms with Crippen molar-refractivity contribution >= 4 is 11.9 Å². The molecule has 1 aliphatic heterocycles. The summed E-state index contributed by atoms with van der Waals surface area (Å²) in [6.07, 6.45) is 0.514. The fraction of sp³-hybridized carbons (Fsp3) is 0.385. The van der Waals surface area contributed by atoms with Crippen LogP contribution in [0, 0.1) is 0 Å². The Morgan fingerprint density at radius 3 is 2.67 bits per heavy atom. The summed E-state index contributed by atoms with van der Waals surface area (Å²) in [5.74, 6) is 0.276. The lowest BCUT2D eigenvalue weighted by atomic mass is 10.1. The Labute approximate surface area is 105 Å². The quantitative estimate of drug-likeness (QED) is 0.796. The maximum atomic E-state index is 11.3. The van der Waals surface area contributed by atoms with Crippen molar-refractivity contribution < 1.29 is 19.1 Å². The first-order valence-corrected chi connectivity index (χ1v) is 5.79. The van der Waals surface area contributed by atoms with Gasteiger partial charge in [0.15, 0.2) is 6.10 Å². The molecule has 0 aromatic heterocycles. The van der Waals surface area contributed by atoms with E-state index in [1.807, 2.05) is 0 Å². The SMILES string of the molecule is COC(=O)Cc1ccc(OC2CCNC2=O)cc1. The van der Waals surface area contributed by atoms with Crippen LogP contribution in [-0.4, -0.2) is 31.6 Å². The molecule has 1 N–H and O–H groups in total. The van der Waals surface area contributed by atoms with Crippen LogP contribution in [0.5, 0.6) is 5.75 Å². The van der Waals surface area contributed by atoms with Crippen LogP contribution in [0.4, 0.5) is 0 Å². The second kappa shape index (κ2) is 5.53. The highest BCUT2D eigenvalue weighted by atomic mass is 16.5. The number of esters is 1. The van der Waals surface area contributed by atoms with Crippen molar-refractivity contribution in [1.82, 2.24) is 5.32 Å². The van der Waals surface area contributed by atoms with Gasteiger partial charge in [0, 0.05) is 13.0 Å². The van der Waals surface area contributed by atoms with Gasteiger partial charge in [-0.15, -0.1) is 0 Å². The molecule has 0 spiro atoms. The maximum Gasteiger partial charge on any atom is 0.309 e. The lowest BCUT2D eigenvalue weighted by Gasteiger charge is -2.11. The number of rotatable bonds is 4. The number of hydrogen-bond donors (Lipinski definition) is 1. The van der Waals surface area contributed by atoms with Crippen molar-refractivity contribution in [3.63, 3.8) is 0 Å². The maximum absolute atomic E-state index is 11.3. The first-order valence-electron chi connectivity index (χ1n) is 5.79. The van der Waals surface area contributed by atoms with Gasteiger partial charge < -0.3 is 14.8 Å². The van der Waals surface area contributed by atoms with E-state index in [2.05, 4.69) is 10.1 Å². The molecule has 1 unspecified atom stereocenters. The molecule has 1 heterocycles. The summed E-state index contributed by atoms with van der Waals surface area (Å²) in [5.41, 5.74) is 0.852. The zero-order valence-electron chi connectivity index (χ0n) is 10.1. The lowest BCUT2D eigenvalue weighted by Crippen LogP contribution is -2.27. The second-order valence-corrected chi connectivity index (χ2v) is 4.08. The van der Waals surface area contributed by atoms with Gasteiger partial charge in [0.1, 0.15) is 5.75 Å². The van der Waals surface area contributed by atoms with E-state index in [1.54, 1.807) is 24.3 Å². The highest BCUT2D eigenvalue weighted by molar-refractivity contribution is 5.83. The molecule has 1 aliphatic rings. The molecule has 1 aromatic rings. The van der Waals surface area contributed by atoms with Gasteiger partial charge in [-0.25, -0.2) is 0 Å². The molecule has 0 bridgehead atoms. The first kappa shape index (κ1) is 12.4. The van der Waals surface area contributed by atoms with Crippen LogP contribution >= 0.6 is 0 Å². The van der Waals surface area contributed by atoms with Crippen LogP contribution < -0.4 is 10.1 Å². The van der Waals surface area contributed by atoms with Crippen molar-refractivity contribution in [2.45, 2.75) is 18.9 Å². The van der Waals surface area contributed by atoms with Crippen LogP contribution in [0.2, 0.25) is 0 Å². The largest absolute Gasteiger partial charge is 0.481 e. The van der Waals surface area contributed by atoms with E-state index in [-0.39, 0.29) is 18.3 Å². The van der Waals surface area contributed by atoms with Crippen LogP contribution in [0.1, 0.15) is 12.0 Å². The van der Waals surface area contributed by atoms with Crippen LogP contribution in [0.15, 0.2) is 24.3 Å². The number of nitrogens with one attached hydrogen (secondary N) is 1. The van der Waals surface area contributed by atoms with Crippen LogP contribution in [0.25, 0.3) is 0 Å². The fourth-order valence-corrected chi connectivity index (χ4v) is 1.77. The highest BCUT2D eigenvalue weighted by Gasteiger charge is 2.25. The predicted molar refractivity (Wildman–Crippen MR) is 64.2 cm³/mol. The minimum absolute atomic E-state index is 0.0753. The number of amides is 1. The summed E-state index contributed by atoms with van der Waals surface area (Å²) in [6, 6.07) is 7.09. The molecular formula is C13H15NO4. The van der Waals surface area contributed by atoms with Gasteiger partial charge in [-0.1, -0.05) is 12.1 Å². The Hall–Kier alpha value is -2.04. The zero-order valence-corrected chi connectivity index (χ0v) is 10.1. The van der Waals surface area contributed by atoms with E-state index >= 15 is 0 Å². The topological polar surface area (TPSA) is 64.6 Å². The Bertz CT molecular complexity index is 441. The molecule has 1 atom stereocenters. The van der Waals surface area contributed by atoms with E-state index < -0.39 is 6.10 Å². The standard InChI is InChI=1S/C13H15NO4/c1-17-12(15)8-9-2-4-10(5-3-9)18-11-6-7-14-13(11)16/h2-5,11H,6-8H2,1H3,(H,14,16). The van der Waals surface area contributed by atoms with Gasteiger partial charge in [-0.3, -0.25) is 9.59 Å². The van der Waals surface area contributed by atoms with Crippen molar-refractivity contribution in [1.29, 1.82) is 0 Å². The number of carbonyl (C=O) groups is 2. The predicted octanol–water partition coefficient (Wildman–Crippen LogP) is 0.669. The van der Waals surface area contributed by atoms with Crippen LogP contribution in [-0.2, 0) is 20.7 Å². The average Bonchev–Trinajstić information content (AvgIpc) is 2.77. The summed E-state index contributed by atoms with van der Waals surface area (Å²) in [7, 11) is 1.36. The second-order valence-electron chi connectivity index (χ2n) is 4.08. The molecule has 5 nitrogen and oxygen atoms in total. The first-order chi connectivity index (χ1) is 8.69. The third-order valence-corrected chi connectivity index (χ3v) is 2.78. The Balaban J connectivity index is 1.95. The van der Waals surface area contributed by atoms with Crippen molar-refractivity contribution in [3.8, 4) is 5.75 Å². The molecule has 1 fully saturated rings. The lowest BCUT2D eigenvalue weighted by molar-refractivity contribution is -0.139. The van der Waals surface area contributed by atoms with Crippen LogP contribution in [0.3, 0.4) is 0 Å². The summed E-state index contributed by atoms with van der Waals surface area (Å²) in [6.45, 7) is 0.657. The number of benzene rings is 1. The van der Waals surface area contributed by atoms with E-state index in [9.17, 15) is 9.59 Å². The van der Waals surface area contributed by atoms with Gasteiger partial charge in [0.05, 0.1) is 13.5 Å². The summed E-state index contributed by atoms with van der Waals surface area (Å²) < 4.78 is 10.1. The Kier molecular flexibility index (Phi) is 3.82. The van der Waals surface area contributed by atoms with E-state index in [1.165, 1.54) is 7.11 Å². The van der Waals surface area contributed by atoms with Gasteiger partial charge in [0.2, 0.25) is 0 Å². The van der Waals surface area contributed by atoms with Gasteiger partial charge in [-0.2, -0.15) is 0 Å². The summed E-state index contributed by atoms with van der Waals surface area (Å²) >= 11 is 0. The van der Waals surface area contributed by atoms with E-state index in [0.29, 0.717) is 18.7 Å². The van der Waals surface area contributed by atoms with Gasteiger partial charge in [-0.05, 0) is 17.7 Å². The molecular weight excluding hydrogens is 234 g/mol. The molecule has 0 saturated carbocycles. The molecule has 0 radical (unpaired) electrons. The number of methoxy groups -OCH3 is 1. The number of ether oxygens (including phenoxy) is 2. The average molecular weight is 249 g/mol. The third-order valence-electron chi connectivity index (χ3n) is 2.78. The smallest absolute Gasteiger partial charge is 0.309 e.